The number of carboxylic acids is 1. The molecular formula is C27H38O6. The smallest absolute Gasteiger partial charge is 0.333 e. The number of carbonyl (C=O) groups excluding carboxylic acids is 2. The SMILES string of the molecule is C=C1C2CCC3C4(C)CCCC(C)(C(=O)O)C4CCC3(C1OC(=O)C(C)=CC)C2OC(C)=O. The predicted molar refractivity (Wildman–Crippen MR) is 123 cm³/mol. The van der Waals surface area contributed by atoms with Crippen LogP contribution in [0.5, 0.6) is 0 Å². The maximum atomic E-state index is 12.9. The zero-order valence-electron chi connectivity index (χ0n) is 20.6. The summed E-state index contributed by atoms with van der Waals surface area (Å²) in [4.78, 5) is 37.5. The number of aliphatic carboxylic acids is 1. The van der Waals surface area contributed by atoms with Gasteiger partial charge < -0.3 is 14.6 Å². The first kappa shape index (κ1) is 24.0. The van der Waals surface area contributed by atoms with Crippen molar-refractivity contribution in [3.8, 4) is 0 Å². The number of carbonyl (C=O) groups is 3. The highest BCUT2D eigenvalue weighted by Crippen LogP contribution is 2.73. The van der Waals surface area contributed by atoms with Gasteiger partial charge in [-0.1, -0.05) is 26.0 Å². The van der Waals surface area contributed by atoms with E-state index in [4.69, 9.17) is 9.47 Å². The summed E-state index contributed by atoms with van der Waals surface area (Å²) in [6.45, 7) is 13.5. The quantitative estimate of drug-likeness (QED) is 0.359. The molecule has 1 spiro atoms. The molecule has 0 radical (unpaired) electrons. The standard InChI is InChI=1S/C27H38O6/c1-7-15(2)23(29)33-21-16(3)18-9-10-20-25(5)12-8-13-26(6,24(30)31)19(25)11-14-27(20,21)22(18)32-17(4)28/h7,18-22H,3,8-14H2,1-2,4-6H3,(H,30,31). The van der Waals surface area contributed by atoms with Gasteiger partial charge in [0.1, 0.15) is 12.2 Å². The molecule has 1 N–H and O–H groups in total. The topological polar surface area (TPSA) is 89.9 Å². The molecular weight excluding hydrogens is 420 g/mol. The summed E-state index contributed by atoms with van der Waals surface area (Å²) in [5.41, 5.74) is -0.182. The van der Waals surface area contributed by atoms with Crippen molar-refractivity contribution in [2.45, 2.75) is 91.8 Å². The van der Waals surface area contributed by atoms with E-state index in [-0.39, 0.29) is 41.2 Å². The number of hydrogen-bond acceptors (Lipinski definition) is 5. The molecule has 33 heavy (non-hydrogen) atoms. The van der Waals surface area contributed by atoms with Crippen molar-refractivity contribution in [2.24, 2.45) is 34.0 Å². The fraction of sp³-hybridized carbons (Fsp3) is 0.741. The van der Waals surface area contributed by atoms with E-state index < -0.39 is 22.9 Å². The summed E-state index contributed by atoms with van der Waals surface area (Å²) < 4.78 is 12.2. The summed E-state index contributed by atoms with van der Waals surface area (Å²) in [7, 11) is 0. The Balaban J connectivity index is 1.83. The molecule has 8 atom stereocenters. The van der Waals surface area contributed by atoms with Crippen molar-refractivity contribution in [2.75, 3.05) is 0 Å². The summed E-state index contributed by atoms with van der Waals surface area (Å²) in [6.07, 6.45) is 6.39. The van der Waals surface area contributed by atoms with Crippen molar-refractivity contribution in [1.82, 2.24) is 0 Å². The van der Waals surface area contributed by atoms with Gasteiger partial charge in [-0.2, -0.15) is 0 Å². The van der Waals surface area contributed by atoms with Gasteiger partial charge in [0.15, 0.2) is 0 Å². The van der Waals surface area contributed by atoms with E-state index in [1.165, 1.54) is 6.92 Å². The van der Waals surface area contributed by atoms with Crippen LogP contribution in [0.2, 0.25) is 0 Å². The van der Waals surface area contributed by atoms with Gasteiger partial charge in [0, 0.05) is 18.4 Å². The second kappa shape index (κ2) is 7.99. The van der Waals surface area contributed by atoms with Crippen molar-refractivity contribution in [1.29, 1.82) is 0 Å². The van der Waals surface area contributed by atoms with Crippen LogP contribution in [0.4, 0.5) is 0 Å². The second-order valence-corrected chi connectivity index (χ2v) is 11.4. The van der Waals surface area contributed by atoms with Crippen LogP contribution in [0.15, 0.2) is 23.8 Å². The number of hydrogen-bond donors (Lipinski definition) is 1. The minimum absolute atomic E-state index is 0.0314. The average molecular weight is 459 g/mol. The van der Waals surface area contributed by atoms with Crippen LogP contribution < -0.4 is 0 Å². The third-order valence-electron chi connectivity index (χ3n) is 10.0. The Hall–Kier alpha value is -2.11. The lowest BCUT2D eigenvalue weighted by atomic mass is 9.40. The van der Waals surface area contributed by atoms with Crippen molar-refractivity contribution in [3.05, 3.63) is 23.8 Å². The molecule has 4 aliphatic carbocycles. The molecule has 0 aromatic rings. The van der Waals surface area contributed by atoms with E-state index in [0.29, 0.717) is 24.8 Å². The normalized spacial score (nSPS) is 44.5. The van der Waals surface area contributed by atoms with Crippen molar-refractivity contribution < 1.29 is 29.0 Å². The Kier molecular flexibility index (Phi) is 5.82. The fourth-order valence-corrected chi connectivity index (χ4v) is 8.48. The maximum Gasteiger partial charge on any atom is 0.333 e. The highest BCUT2D eigenvalue weighted by molar-refractivity contribution is 5.88. The van der Waals surface area contributed by atoms with Gasteiger partial charge in [-0.3, -0.25) is 9.59 Å². The molecule has 4 aliphatic rings. The fourth-order valence-electron chi connectivity index (χ4n) is 8.48. The van der Waals surface area contributed by atoms with Crippen LogP contribution >= 0.6 is 0 Å². The number of rotatable bonds is 4. The molecule has 0 aromatic heterocycles. The van der Waals surface area contributed by atoms with Gasteiger partial charge in [-0.15, -0.1) is 0 Å². The van der Waals surface area contributed by atoms with E-state index in [1.54, 1.807) is 13.0 Å². The predicted octanol–water partition coefficient (Wildman–Crippen LogP) is 5.07. The highest BCUT2D eigenvalue weighted by atomic mass is 16.6. The van der Waals surface area contributed by atoms with Crippen molar-refractivity contribution in [3.63, 3.8) is 0 Å². The van der Waals surface area contributed by atoms with Crippen LogP contribution in [-0.2, 0) is 23.9 Å². The number of allylic oxidation sites excluding steroid dienone is 1. The minimum Gasteiger partial charge on any atom is -0.481 e. The summed E-state index contributed by atoms with van der Waals surface area (Å²) >= 11 is 0. The Morgan fingerprint density at radius 2 is 1.73 bits per heavy atom. The molecule has 2 bridgehead atoms. The number of ether oxygens (including phenoxy) is 2. The van der Waals surface area contributed by atoms with Crippen LogP contribution in [-0.4, -0.2) is 35.2 Å². The van der Waals surface area contributed by atoms with E-state index in [1.807, 2.05) is 13.8 Å². The molecule has 8 unspecified atom stereocenters. The first-order valence-electron chi connectivity index (χ1n) is 12.4. The van der Waals surface area contributed by atoms with Crippen LogP contribution in [0, 0.1) is 34.0 Å². The molecule has 0 aliphatic heterocycles. The lowest BCUT2D eigenvalue weighted by Gasteiger charge is -2.64. The zero-order valence-corrected chi connectivity index (χ0v) is 20.6. The summed E-state index contributed by atoms with van der Waals surface area (Å²) in [5, 5.41) is 10.2. The largest absolute Gasteiger partial charge is 0.481 e. The molecule has 182 valence electrons. The average Bonchev–Trinajstić information content (AvgIpc) is 2.86. The lowest BCUT2D eigenvalue weighted by Crippen LogP contribution is -2.64. The maximum absolute atomic E-state index is 12.9. The van der Waals surface area contributed by atoms with E-state index in [0.717, 1.165) is 31.3 Å². The summed E-state index contributed by atoms with van der Waals surface area (Å²) in [5.74, 6) is -1.33. The number of carboxylic acid groups (broad SMARTS) is 1. The zero-order chi connectivity index (χ0) is 24.3. The van der Waals surface area contributed by atoms with E-state index in [9.17, 15) is 19.5 Å². The third-order valence-corrected chi connectivity index (χ3v) is 10.0. The highest BCUT2D eigenvalue weighted by Gasteiger charge is 2.73. The molecule has 4 fully saturated rings. The Morgan fingerprint density at radius 1 is 1.03 bits per heavy atom. The van der Waals surface area contributed by atoms with Gasteiger partial charge in [-0.05, 0) is 82.1 Å². The lowest BCUT2D eigenvalue weighted by molar-refractivity contribution is -0.224. The number of esters is 2. The van der Waals surface area contributed by atoms with Gasteiger partial charge >= 0.3 is 17.9 Å². The monoisotopic (exact) mass is 458 g/mol. The molecule has 6 heteroatoms. The molecule has 4 saturated carbocycles. The van der Waals surface area contributed by atoms with Crippen LogP contribution in [0.25, 0.3) is 0 Å². The summed E-state index contributed by atoms with van der Waals surface area (Å²) in [6, 6.07) is 0. The first-order chi connectivity index (χ1) is 15.4. The Labute approximate surface area is 196 Å². The third kappa shape index (κ3) is 3.23. The van der Waals surface area contributed by atoms with E-state index in [2.05, 4.69) is 13.5 Å². The van der Waals surface area contributed by atoms with Crippen LogP contribution in [0.1, 0.15) is 79.6 Å². The van der Waals surface area contributed by atoms with Gasteiger partial charge in [0.05, 0.1) is 10.8 Å². The number of fused-ring (bicyclic) bond motifs is 3. The van der Waals surface area contributed by atoms with Crippen LogP contribution in [0.3, 0.4) is 0 Å². The molecule has 0 heterocycles. The minimum atomic E-state index is -0.772. The van der Waals surface area contributed by atoms with Gasteiger partial charge in [0.2, 0.25) is 0 Å². The molecule has 0 saturated heterocycles. The van der Waals surface area contributed by atoms with E-state index >= 15 is 0 Å². The van der Waals surface area contributed by atoms with Gasteiger partial charge in [0.25, 0.3) is 0 Å². The molecule has 6 nitrogen and oxygen atoms in total. The second-order valence-electron chi connectivity index (χ2n) is 11.4. The van der Waals surface area contributed by atoms with Crippen molar-refractivity contribution >= 4 is 17.9 Å². The molecule has 0 amide bonds. The van der Waals surface area contributed by atoms with Gasteiger partial charge in [-0.25, -0.2) is 4.79 Å². The Bertz CT molecular complexity index is 920. The molecule has 4 rings (SSSR count). The Morgan fingerprint density at radius 3 is 2.33 bits per heavy atom. The molecule has 0 aromatic carbocycles. The first-order valence-corrected chi connectivity index (χ1v) is 12.4.